The number of nitrogens with zero attached hydrogens (tertiary/aromatic N) is 6. The minimum absolute atomic E-state index is 0.00361. The van der Waals surface area contributed by atoms with E-state index >= 15 is 4.39 Å². The molecule has 2 saturated carbocycles. The summed E-state index contributed by atoms with van der Waals surface area (Å²) in [6.07, 6.45) is 4.95. The topological polar surface area (TPSA) is 172 Å². The predicted octanol–water partition coefficient (Wildman–Crippen LogP) is 7.43. The zero-order valence-corrected chi connectivity index (χ0v) is 29.3. The van der Waals surface area contributed by atoms with Gasteiger partial charge in [0.15, 0.2) is 11.6 Å². The summed E-state index contributed by atoms with van der Waals surface area (Å²) in [6, 6.07) is 4.62. The average molecular weight is 754 g/mol. The van der Waals surface area contributed by atoms with Crippen molar-refractivity contribution in [3.63, 3.8) is 0 Å². The highest BCUT2D eigenvalue weighted by atomic mass is 35.5. The van der Waals surface area contributed by atoms with Gasteiger partial charge in [-0.25, -0.2) is 22.5 Å². The number of likely N-dealkylation sites (tertiary alicyclic amines) is 1. The Bertz CT molecular complexity index is 2320. The van der Waals surface area contributed by atoms with Crippen LogP contribution >= 0.6 is 22.9 Å². The van der Waals surface area contributed by atoms with Crippen LogP contribution in [0.3, 0.4) is 0 Å². The molecule has 8 rings (SSSR count). The molecular formula is C35H32ClF4N9O2S. The number of fused-ring (bicyclic) bond motifs is 2. The summed E-state index contributed by atoms with van der Waals surface area (Å²) in [5.41, 5.74) is 10.5. The number of ether oxygens (including phenoxy) is 1. The van der Waals surface area contributed by atoms with Crippen molar-refractivity contribution in [2.45, 2.75) is 51.0 Å². The van der Waals surface area contributed by atoms with Crippen LogP contribution in [-0.4, -0.2) is 62.1 Å². The normalized spacial score (nSPS) is 19.1. The Morgan fingerprint density at radius 2 is 1.88 bits per heavy atom. The number of thiophene rings is 1. The van der Waals surface area contributed by atoms with Gasteiger partial charge in [-0.2, -0.15) is 15.2 Å². The van der Waals surface area contributed by atoms with Gasteiger partial charge in [-0.1, -0.05) is 17.7 Å². The highest BCUT2D eigenvalue weighted by molar-refractivity contribution is 7.23. The number of alkyl halides is 2. The second-order valence-corrected chi connectivity index (χ2v) is 15.5. The zero-order chi connectivity index (χ0) is 36.7. The standard InChI is InChI=1S/C35H32ClF4N9O2S/c1-16(17-3-2-8-44-29(17)42)46-31-22-26(24(38)21(23(36)27(22)50)25-20-18(11-41)30(43)52-28(20)19(37)12-45-25)47-32(48-31)51-15-33(4-5-33)14-49-9-6-34(7-10-49)13-35(34,39)40/h2-3,8,12,16,50H,4-7,9-10,13-15,43H2,1H3,(H2,42,44)(H,46,47,48)/t16-/m1/s1. The molecule has 0 bridgehead atoms. The SMILES string of the molecule is C[C@@H](Nc1nc(OCC2(CN3CCC4(CC3)CC4(F)F)CC2)nc2c(F)c(-c3ncc(F)c4sc(N)c(C#N)c34)c(Cl)c(O)c12)c1cccnc1N. The first-order chi connectivity index (χ1) is 24.8. The quantitative estimate of drug-likeness (QED) is 0.110. The number of hydrogen-bond donors (Lipinski definition) is 4. The van der Waals surface area contributed by atoms with Gasteiger partial charge in [-0.3, -0.25) is 4.98 Å². The molecule has 3 fully saturated rings. The molecular weight excluding hydrogens is 722 g/mol. The van der Waals surface area contributed by atoms with E-state index in [1.54, 1.807) is 19.1 Å². The molecule has 1 aromatic carbocycles. The molecule has 6 N–H and O–H groups in total. The second-order valence-electron chi connectivity index (χ2n) is 14.1. The van der Waals surface area contributed by atoms with Gasteiger partial charge in [0.2, 0.25) is 0 Å². The van der Waals surface area contributed by atoms with Crippen LogP contribution in [-0.2, 0) is 0 Å². The maximum atomic E-state index is 17.0. The summed E-state index contributed by atoms with van der Waals surface area (Å²) in [6.45, 7) is 3.75. The smallest absolute Gasteiger partial charge is 0.319 e. The number of benzene rings is 1. The number of halogens is 5. The molecule has 4 aromatic heterocycles. The summed E-state index contributed by atoms with van der Waals surface area (Å²) in [7, 11) is 0. The Hall–Kier alpha value is -4.72. The van der Waals surface area contributed by atoms with Gasteiger partial charge in [-0.15, -0.1) is 11.3 Å². The molecule has 270 valence electrons. The lowest BCUT2D eigenvalue weighted by molar-refractivity contribution is 0.0252. The average Bonchev–Trinajstić information content (AvgIpc) is 3.95. The van der Waals surface area contributed by atoms with Crippen molar-refractivity contribution in [3.8, 4) is 29.1 Å². The lowest BCUT2D eigenvalue weighted by Crippen LogP contribution is -2.41. The number of nitrogens with two attached hydrogens (primary N) is 2. The first-order valence-electron chi connectivity index (χ1n) is 16.7. The molecule has 2 aliphatic carbocycles. The Morgan fingerprint density at radius 1 is 1.15 bits per heavy atom. The number of aromatic nitrogens is 4. The van der Waals surface area contributed by atoms with Crippen LogP contribution in [0.2, 0.25) is 5.02 Å². The van der Waals surface area contributed by atoms with Gasteiger partial charge >= 0.3 is 6.01 Å². The monoisotopic (exact) mass is 753 g/mol. The van der Waals surface area contributed by atoms with Crippen LogP contribution in [0.25, 0.3) is 32.2 Å². The van der Waals surface area contributed by atoms with Crippen LogP contribution in [0.5, 0.6) is 11.8 Å². The van der Waals surface area contributed by atoms with E-state index in [0.717, 1.165) is 30.4 Å². The number of anilines is 3. The Labute approximate surface area is 303 Å². The maximum Gasteiger partial charge on any atom is 0.319 e. The molecule has 1 atom stereocenters. The number of piperidine rings is 1. The van der Waals surface area contributed by atoms with Crippen LogP contribution < -0.4 is 21.5 Å². The third-order valence-corrected chi connectivity index (χ3v) is 12.2. The number of nitriles is 1. The molecule has 52 heavy (non-hydrogen) atoms. The Kier molecular flexibility index (Phi) is 8.05. The fourth-order valence-corrected chi connectivity index (χ4v) is 8.58. The number of aromatic hydroxyl groups is 1. The molecule has 17 heteroatoms. The fourth-order valence-electron chi connectivity index (χ4n) is 7.39. The number of pyridine rings is 2. The number of rotatable bonds is 9. The molecule has 1 spiro atoms. The van der Waals surface area contributed by atoms with Crippen LogP contribution in [0.1, 0.15) is 56.2 Å². The van der Waals surface area contributed by atoms with Crippen molar-refractivity contribution in [1.29, 1.82) is 5.26 Å². The van der Waals surface area contributed by atoms with Crippen LogP contribution in [0.15, 0.2) is 24.5 Å². The zero-order valence-electron chi connectivity index (χ0n) is 27.7. The first-order valence-corrected chi connectivity index (χ1v) is 17.8. The molecule has 11 nitrogen and oxygen atoms in total. The molecule has 1 aliphatic heterocycles. The summed E-state index contributed by atoms with van der Waals surface area (Å²) in [5.74, 6) is -4.75. The molecule has 0 amide bonds. The molecule has 0 unspecified atom stereocenters. The number of nitrogens with one attached hydrogen (secondary N) is 1. The highest BCUT2D eigenvalue weighted by Gasteiger charge is 2.70. The minimum atomic E-state index is -2.57. The van der Waals surface area contributed by atoms with Crippen molar-refractivity contribution in [3.05, 3.63) is 52.3 Å². The molecule has 5 aromatic rings. The molecule has 0 radical (unpaired) electrons. The largest absolute Gasteiger partial charge is 0.506 e. The van der Waals surface area contributed by atoms with E-state index in [-0.39, 0.29) is 73.3 Å². The number of hydrogen-bond acceptors (Lipinski definition) is 12. The number of phenolic OH excluding ortho intramolecular Hbond substituents is 1. The summed E-state index contributed by atoms with van der Waals surface area (Å²) in [4.78, 5) is 19.4. The molecule has 1 saturated heterocycles. The fraction of sp³-hybridized carbons (Fsp3) is 0.400. The van der Waals surface area contributed by atoms with Crippen LogP contribution in [0.4, 0.5) is 34.2 Å². The summed E-state index contributed by atoms with van der Waals surface area (Å²) < 4.78 is 65.9. The summed E-state index contributed by atoms with van der Waals surface area (Å²) in [5, 5.41) is 23.9. The first kappa shape index (κ1) is 34.4. The van der Waals surface area contributed by atoms with Crippen LogP contribution in [0, 0.1) is 33.8 Å². The van der Waals surface area contributed by atoms with Crippen molar-refractivity contribution < 1.29 is 27.4 Å². The third kappa shape index (κ3) is 5.57. The van der Waals surface area contributed by atoms with E-state index in [4.69, 9.17) is 27.8 Å². The minimum Gasteiger partial charge on any atom is -0.506 e. The van der Waals surface area contributed by atoms with Crippen molar-refractivity contribution in [1.82, 2.24) is 24.8 Å². The number of phenols is 1. The van der Waals surface area contributed by atoms with Gasteiger partial charge < -0.3 is 31.5 Å². The lowest BCUT2D eigenvalue weighted by atomic mass is 9.92. The molecule has 3 aliphatic rings. The van der Waals surface area contributed by atoms with Crippen molar-refractivity contribution in [2.75, 3.05) is 43.0 Å². The van der Waals surface area contributed by atoms with Crippen molar-refractivity contribution >= 4 is 60.6 Å². The third-order valence-electron chi connectivity index (χ3n) is 10.8. The Morgan fingerprint density at radius 3 is 2.54 bits per heavy atom. The van der Waals surface area contributed by atoms with Gasteiger partial charge in [0.25, 0.3) is 5.92 Å². The van der Waals surface area contributed by atoms with Gasteiger partial charge in [0.1, 0.15) is 34.0 Å². The Balaban J connectivity index is 1.18. The molecule has 5 heterocycles. The second kappa shape index (κ2) is 12.2. The summed E-state index contributed by atoms with van der Waals surface area (Å²) >= 11 is 7.48. The van der Waals surface area contributed by atoms with E-state index < -0.39 is 45.3 Å². The maximum absolute atomic E-state index is 17.0. The highest BCUT2D eigenvalue weighted by Crippen LogP contribution is 2.66. The van der Waals surface area contributed by atoms with Crippen molar-refractivity contribution in [2.24, 2.45) is 10.8 Å². The lowest BCUT2D eigenvalue weighted by Gasteiger charge is -2.34. The predicted molar refractivity (Wildman–Crippen MR) is 189 cm³/mol. The van der Waals surface area contributed by atoms with Gasteiger partial charge in [0, 0.05) is 40.9 Å². The van der Waals surface area contributed by atoms with E-state index in [9.17, 15) is 23.5 Å². The number of nitrogen functional groups attached to an aromatic ring is 2. The van der Waals surface area contributed by atoms with E-state index in [0.29, 0.717) is 38.0 Å². The van der Waals surface area contributed by atoms with Gasteiger partial charge in [-0.05, 0) is 51.8 Å². The van der Waals surface area contributed by atoms with E-state index in [1.165, 1.54) is 6.20 Å². The van der Waals surface area contributed by atoms with Gasteiger partial charge in [0.05, 0.1) is 50.8 Å². The van der Waals surface area contributed by atoms with E-state index in [1.807, 2.05) is 6.07 Å². The van der Waals surface area contributed by atoms with E-state index in [2.05, 4.69) is 30.2 Å².